The summed E-state index contributed by atoms with van der Waals surface area (Å²) in [6, 6.07) is 4.01. The third-order valence-electron chi connectivity index (χ3n) is 3.73. The number of carbonyl (C=O) groups is 2. The number of nitrogens with zero attached hydrogens (tertiary/aromatic N) is 2. The molecule has 9 nitrogen and oxygen atoms in total. The highest BCUT2D eigenvalue weighted by Gasteiger charge is 2.19. The van der Waals surface area contributed by atoms with E-state index < -0.39 is 23.2 Å². The van der Waals surface area contributed by atoms with Crippen molar-refractivity contribution in [3.05, 3.63) is 40.4 Å². The van der Waals surface area contributed by atoms with Crippen molar-refractivity contribution < 1.29 is 23.8 Å². The van der Waals surface area contributed by atoms with Crippen molar-refractivity contribution in [2.45, 2.75) is 0 Å². The number of carbonyl (C=O) groups excluding carboxylic acids is 1. The van der Waals surface area contributed by atoms with Crippen LogP contribution in [0.3, 0.4) is 0 Å². The van der Waals surface area contributed by atoms with Gasteiger partial charge in [0.15, 0.2) is 5.58 Å². The number of aromatic carboxylic acids is 1. The number of thiophene rings is 1. The predicted octanol–water partition coefficient (Wildman–Crippen LogP) is 2.57. The first-order valence-electron chi connectivity index (χ1n) is 7.36. The van der Waals surface area contributed by atoms with E-state index in [1.165, 1.54) is 24.1 Å². The fourth-order valence-corrected chi connectivity index (χ4v) is 3.27. The van der Waals surface area contributed by atoms with E-state index in [9.17, 15) is 14.4 Å². The number of urea groups is 1. The zero-order valence-corrected chi connectivity index (χ0v) is 14.9. The molecule has 0 unspecified atom stereocenters. The van der Waals surface area contributed by atoms with E-state index in [2.05, 4.69) is 5.32 Å². The standard InChI is InChI=1S/C16H15N3O6S/c1-18-7-8(24-3)4-12(18)17-16(23)19(2)13-6-10-11(26-13)5-9(14(20)21)15(22)25-10/h4-7H,1-3H3,(H,17,23)(H,20,21). The lowest BCUT2D eigenvalue weighted by Crippen LogP contribution is -2.31. The maximum Gasteiger partial charge on any atom is 0.351 e. The lowest BCUT2D eigenvalue weighted by Gasteiger charge is -2.15. The Bertz CT molecular complexity index is 1060. The number of hydrogen-bond acceptors (Lipinski definition) is 6. The summed E-state index contributed by atoms with van der Waals surface area (Å²) in [7, 11) is 4.85. The molecular weight excluding hydrogens is 362 g/mol. The van der Waals surface area contributed by atoms with Crippen molar-refractivity contribution in [3.8, 4) is 5.75 Å². The quantitative estimate of drug-likeness (QED) is 0.722. The fraction of sp³-hybridized carbons (Fsp3) is 0.188. The molecule has 0 aliphatic heterocycles. The van der Waals surface area contributed by atoms with Crippen LogP contribution in [0.4, 0.5) is 15.6 Å². The topological polar surface area (TPSA) is 114 Å². The highest BCUT2D eigenvalue weighted by atomic mass is 32.1. The van der Waals surface area contributed by atoms with Crippen LogP contribution in [0.2, 0.25) is 0 Å². The third kappa shape index (κ3) is 3.14. The molecule has 0 atom stereocenters. The smallest absolute Gasteiger partial charge is 0.351 e. The largest absolute Gasteiger partial charge is 0.495 e. The zero-order valence-electron chi connectivity index (χ0n) is 14.1. The van der Waals surface area contributed by atoms with Crippen LogP contribution in [0.1, 0.15) is 10.4 Å². The molecule has 3 heterocycles. The van der Waals surface area contributed by atoms with Crippen molar-refractivity contribution >= 4 is 44.4 Å². The maximum absolute atomic E-state index is 12.5. The Kier molecular flexibility index (Phi) is 4.43. The average Bonchev–Trinajstić information content (AvgIpc) is 3.16. The van der Waals surface area contributed by atoms with Gasteiger partial charge in [-0.05, 0) is 6.07 Å². The molecule has 0 bridgehead atoms. The lowest BCUT2D eigenvalue weighted by molar-refractivity contribution is 0.0692. The van der Waals surface area contributed by atoms with E-state index >= 15 is 0 Å². The van der Waals surface area contributed by atoms with Gasteiger partial charge < -0.3 is 18.8 Å². The van der Waals surface area contributed by atoms with Gasteiger partial charge in [0.2, 0.25) is 0 Å². The number of aryl methyl sites for hydroxylation is 1. The van der Waals surface area contributed by atoms with Crippen molar-refractivity contribution in [1.29, 1.82) is 0 Å². The van der Waals surface area contributed by atoms with Crippen molar-refractivity contribution in [2.24, 2.45) is 7.05 Å². The first kappa shape index (κ1) is 17.5. The average molecular weight is 377 g/mol. The summed E-state index contributed by atoms with van der Waals surface area (Å²) in [5.41, 5.74) is -1.16. The molecule has 2 N–H and O–H groups in total. The molecule has 136 valence electrons. The Morgan fingerprint density at radius 2 is 2.08 bits per heavy atom. The van der Waals surface area contributed by atoms with Gasteiger partial charge >= 0.3 is 17.6 Å². The summed E-state index contributed by atoms with van der Waals surface area (Å²) in [4.78, 5) is 36.5. The highest BCUT2D eigenvalue weighted by molar-refractivity contribution is 7.22. The molecule has 26 heavy (non-hydrogen) atoms. The molecule has 3 rings (SSSR count). The van der Waals surface area contributed by atoms with E-state index in [1.807, 2.05) is 0 Å². The van der Waals surface area contributed by atoms with Crippen molar-refractivity contribution in [2.75, 3.05) is 24.4 Å². The molecule has 2 amide bonds. The number of fused-ring (bicyclic) bond motifs is 1. The van der Waals surface area contributed by atoms with Crippen LogP contribution in [-0.2, 0) is 7.05 Å². The van der Waals surface area contributed by atoms with Gasteiger partial charge in [0.1, 0.15) is 22.1 Å². The number of carboxylic acids is 1. The van der Waals surface area contributed by atoms with Gasteiger partial charge in [0, 0.05) is 32.4 Å². The number of hydrogen-bond donors (Lipinski definition) is 2. The first-order chi connectivity index (χ1) is 12.3. The number of carboxylic acid groups (broad SMARTS) is 1. The Balaban J connectivity index is 1.87. The van der Waals surface area contributed by atoms with Crippen LogP contribution in [0.15, 0.2) is 33.6 Å². The van der Waals surface area contributed by atoms with E-state index in [0.717, 1.165) is 11.3 Å². The normalized spacial score (nSPS) is 10.7. The molecule has 0 radical (unpaired) electrons. The monoisotopic (exact) mass is 377 g/mol. The number of nitrogens with one attached hydrogen (secondary N) is 1. The maximum atomic E-state index is 12.5. The van der Waals surface area contributed by atoms with Crippen molar-refractivity contribution in [3.63, 3.8) is 0 Å². The van der Waals surface area contributed by atoms with Gasteiger partial charge in [-0.1, -0.05) is 0 Å². The summed E-state index contributed by atoms with van der Waals surface area (Å²) in [6.45, 7) is 0. The number of anilines is 2. The van der Waals surface area contributed by atoms with Gasteiger partial charge in [0.05, 0.1) is 11.8 Å². The van der Waals surface area contributed by atoms with Gasteiger partial charge in [-0.25, -0.2) is 14.4 Å². The minimum Gasteiger partial charge on any atom is -0.495 e. The Labute approximate surface area is 151 Å². The molecule has 10 heteroatoms. The van der Waals surface area contributed by atoms with E-state index in [-0.39, 0.29) is 5.58 Å². The van der Waals surface area contributed by atoms with Crippen LogP contribution in [0.5, 0.6) is 5.75 Å². The molecule has 3 aromatic rings. The molecular formula is C16H15N3O6S. The molecule has 0 aliphatic carbocycles. The SMILES string of the molecule is COc1cc(NC(=O)N(C)c2cc3oc(=O)c(C(=O)O)cc3s2)n(C)c1. The summed E-state index contributed by atoms with van der Waals surface area (Å²) >= 11 is 1.14. The summed E-state index contributed by atoms with van der Waals surface area (Å²) in [6.07, 6.45) is 1.72. The zero-order chi connectivity index (χ0) is 19.0. The second-order valence-electron chi connectivity index (χ2n) is 5.43. The highest BCUT2D eigenvalue weighted by Crippen LogP contribution is 2.32. The molecule has 0 fully saturated rings. The van der Waals surface area contributed by atoms with Crippen molar-refractivity contribution in [1.82, 2.24) is 4.57 Å². The van der Waals surface area contributed by atoms with Crippen LogP contribution < -0.4 is 20.6 Å². The Morgan fingerprint density at radius 1 is 1.35 bits per heavy atom. The Hall–Kier alpha value is -3.27. The Morgan fingerprint density at radius 3 is 2.69 bits per heavy atom. The minimum absolute atomic E-state index is 0.222. The van der Waals surface area contributed by atoms with Gasteiger partial charge in [-0.2, -0.15) is 0 Å². The first-order valence-corrected chi connectivity index (χ1v) is 8.18. The fourth-order valence-electron chi connectivity index (χ4n) is 2.28. The molecule has 3 aromatic heterocycles. The number of aromatic nitrogens is 1. The summed E-state index contributed by atoms with van der Waals surface area (Å²) < 4.78 is 12.3. The predicted molar refractivity (Wildman–Crippen MR) is 96.7 cm³/mol. The van der Waals surface area contributed by atoms with Crippen LogP contribution >= 0.6 is 11.3 Å². The van der Waals surface area contributed by atoms with Gasteiger partial charge in [0.25, 0.3) is 0 Å². The summed E-state index contributed by atoms with van der Waals surface area (Å²) in [5, 5.41) is 12.2. The number of rotatable bonds is 4. The second-order valence-corrected chi connectivity index (χ2v) is 6.49. The minimum atomic E-state index is -1.36. The summed E-state index contributed by atoms with van der Waals surface area (Å²) in [5.74, 6) is -0.214. The molecule has 0 aliphatic rings. The molecule has 0 saturated carbocycles. The number of ether oxygens (including phenoxy) is 1. The number of methoxy groups -OCH3 is 1. The van der Waals surface area contributed by atoms with E-state index in [4.69, 9.17) is 14.3 Å². The molecule has 0 aromatic carbocycles. The van der Waals surface area contributed by atoms with Gasteiger partial charge in [-0.3, -0.25) is 10.2 Å². The number of amides is 2. The third-order valence-corrected chi connectivity index (χ3v) is 4.87. The molecule has 0 saturated heterocycles. The van der Waals surface area contributed by atoms with Crippen LogP contribution in [0.25, 0.3) is 10.3 Å². The lowest BCUT2D eigenvalue weighted by atomic mass is 10.3. The van der Waals surface area contributed by atoms with Gasteiger partial charge in [-0.15, -0.1) is 11.3 Å². The molecule has 0 spiro atoms. The second kappa shape index (κ2) is 6.56. The van der Waals surface area contributed by atoms with E-state index in [1.54, 1.807) is 30.9 Å². The van der Waals surface area contributed by atoms with E-state index in [0.29, 0.717) is 21.3 Å². The van der Waals surface area contributed by atoms with Crippen LogP contribution in [-0.4, -0.2) is 35.8 Å². The van der Waals surface area contributed by atoms with Crippen LogP contribution in [0, 0.1) is 0 Å².